The molecule has 0 bridgehead atoms. The zero-order chi connectivity index (χ0) is 15.5. The van der Waals surface area contributed by atoms with Crippen molar-refractivity contribution in [3.8, 4) is 11.4 Å². The van der Waals surface area contributed by atoms with Gasteiger partial charge in [-0.1, -0.05) is 35.0 Å². The number of hydrogen-bond donors (Lipinski definition) is 0. The van der Waals surface area contributed by atoms with Crippen LogP contribution in [-0.4, -0.2) is 52.0 Å². The van der Waals surface area contributed by atoms with E-state index in [0.29, 0.717) is 18.3 Å². The van der Waals surface area contributed by atoms with Gasteiger partial charge in [-0.3, -0.25) is 9.69 Å². The summed E-state index contributed by atoms with van der Waals surface area (Å²) in [7, 11) is 0. The maximum Gasteiger partial charge on any atom is 0.241 e. The predicted octanol–water partition coefficient (Wildman–Crippen LogP) is 1.71. The minimum Gasteiger partial charge on any atom is -0.340 e. The summed E-state index contributed by atoms with van der Waals surface area (Å²) in [6, 6.07) is 8.06. The molecule has 1 amide bonds. The first-order chi connectivity index (χ1) is 10.6. The van der Waals surface area contributed by atoms with Gasteiger partial charge in [0.25, 0.3) is 0 Å². The molecule has 0 atom stereocenters. The summed E-state index contributed by atoms with van der Waals surface area (Å²) in [4.78, 5) is 19.9. The van der Waals surface area contributed by atoms with Crippen LogP contribution >= 0.6 is 0 Å². The van der Waals surface area contributed by atoms with E-state index in [1.165, 1.54) is 5.56 Å². The van der Waals surface area contributed by atoms with Crippen LogP contribution in [0.25, 0.3) is 11.4 Å². The Kier molecular flexibility index (Phi) is 4.20. The zero-order valence-electron chi connectivity index (χ0n) is 13.0. The third-order valence-electron chi connectivity index (χ3n) is 3.95. The van der Waals surface area contributed by atoms with Crippen LogP contribution in [0.2, 0.25) is 0 Å². The number of carbonyl (C=O) groups excluding carboxylic acids is 1. The Balaban J connectivity index is 1.60. The van der Waals surface area contributed by atoms with Crippen molar-refractivity contribution in [1.82, 2.24) is 19.9 Å². The van der Waals surface area contributed by atoms with Crippen LogP contribution in [0.15, 0.2) is 28.8 Å². The number of carbonyl (C=O) groups is 1. The van der Waals surface area contributed by atoms with E-state index >= 15 is 0 Å². The molecule has 0 radical (unpaired) electrons. The number of benzene rings is 1. The lowest BCUT2D eigenvalue weighted by Crippen LogP contribution is -2.47. The molecule has 1 aliphatic heterocycles. The molecule has 0 N–H and O–H groups in total. The second-order valence-corrected chi connectivity index (χ2v) is 5.66. The molecule has 1 aliphatic rings. The van der Waals surface area contributed by atoms with Crippen molar-refractivity contribution in [2.75, 3.05) is 26.2 Å². The van der Waals surface area contributed by atoms with E-state index in [9.17, 15) is 4.79 Å². The predicted molar refractivity (Wildman–Crippen MR) is 82.0 cm³/mol. The first-order valence-corrected chi connectivity index (χ1v) is 7.49. The number of nitrogens with zero attached hydrogens (tertiary/aromatic N) is 4. The highest BCUT2D eigenvalue weighted by atomic mass is 16.5. The van der Waals surface area contributed by atoms with Gasteiger partial charge in [-0.25, -0.2) is 0 Å². The smallest absolute Gasteiger partial charge is 0.241 e. The van der Waals surface area contributed by atoms with E-state index in [1.54, 1.807) is 6.92 Å². The van der Waals surface area contributed by atoms with Gasteiger partial charge >= 0.3 is 0 Å². The monoisotopic (exact) mass is 300 g/mol. The molecule has 0 unspecified atom stereocenters. The average molecular weight is 300 g/mol. The SMILES string of the molecule is CC(=O)N1CCN(Cc2nc(-c3ccc(C)cc3)no2)CC1. The maximum absolute atomic E-state index is 11.3. The summed E-state index contributed by atoms with van der Waals surface area (Å²) in [5, 5.41) is 4.05. The molecule has 22 heavy (non-hydrogen) atoms. The number of rotatable bonds is 3. The van der Waals surface area contributed by atoms with Gasteiger partial charge in [0, 0.05) is 38.7 Å². The largest absolute Gasteiger partial charge is 0.340 e. The highest BCUT2D eigenvalue weighted by Crippen LogP contribution is 2.17. The van der Waals surface area contributed by atoms with Crippen molar-refractivity contribution in [1.29, 1.82) is 0 Å². The van der Waals surface area contributed by atoms with Crippen molar-refractivity contribution < 1.29 is 9.32 Å². The molecular formula is C16H20N4O2. The van der Waals surface area contributed by atoms with Crippen LogP contribution in [0, 0.1) is 6.92 Å². The molecule has 1 aromatic heterocycles. The molecule has 2 aromatic rings. The highest BCUT2D eigenvalue weighted by molar-refractivity contribution is 5.73. The van der Waals surface area contributed by atoms with Gasteiger partial charge in [0.15, 0.2) is 0 Å². The first-order valence-electron chi connectivity index (χ1n) is 7.49. The summed E-state index contributed by atoms with van der Waals surface area (Å²) in [6.07, 6.45) is 0. The van der Waals surface area contributed by atoms with E-state index in [2.05, 4.69) is 15.0 Å². The minimum absolute atomic E-state index is 0.138. The third kappa shape index (κ3) is 3.33. The fourth-order valence-electron chi connectivity index (χ4n) is 2.55. The van der Waals surface area contributed by atoms with Crippen molar-refractivity contribution in [2.45, 2.75) is 20.4 Å². The Morgan fingerprint density at radius 1 is 1.18 bits per heavy atom. The standard InChI is InChI=1S/C16H20N4O2/c1-12-3-5-14(6-4-12)16-17-15(22-18-16)11-19-7-9-20(10-8-19)13(2)21/h3-6H,7-11H2,1-2H3. The van der Waals surface area contributed by atoms with Gasteiger partial charge in [-0.05, 0) is 6.92 Å². The van der Waals surface area contributed by atoms with Crippen molar-refractivity contribution >= 4 is 5.91 Å². The Bertz CT molecular complexity index is 642. The van der Waals surface area contributed by atoms with E-state index in [4.69, 9.17) is 4.52 Å². The molecule has 6 nitrogen and oxygen atoms in total. The molecule has 0 saturated carbocycles. The van der Waals surface area contributed by atoms with Gasteiger partial charge in [-0.2, -0.15) is 4.98 Å². The van der Waals surface area contributed by atoms with E-state index in [-0.39, 0.29) is 5.91 Å². The second kappa shape index (κ2) is 6.27. The highest BCUT2D eigenvalue weighted by Gasteiger charge is 2.20. The lowest BCUT2D eigenvalue weighted by molar-refractivity contribution is -0.130. The van der Waals surface area contributed by atoms with Gasteiger partial charge in [0.05, 0.1) is 6.54 Å². The summed E-state index contributed by atoms with van der Waals surface area (Å²) in [5.74, 6) is 1.38. The van der Waals surface area contributed by atoms with Crippen LogP contribution in [0.3, 0.4) is 0 Å². The zero-order valence-corrected chi connectivity index (χ0v) is 13.0. The quantitative estimate of drug-likeness (QED) is 0.863. The fraction of sp³-hybridized carbons (Fsp3) is 0.438. The van der Waals surface area contributed by atoms with Gasteiger partial charge < -0.3 is 9.42 Å². The summed E-state index contributed by atoms with van der Waals surface area (Å²) in [5.41, 5.74) is 2.16. The van der Waals surface area contributed by atoms with Crippen LogP contribution in [0.5, 0.6) is 0 Å². The Hall–Kier alpha value is -2.21. The average Bonchev–Trinajstić information content (AvgIpc) is 2.97. The molecular weight excluding hydrogens is 280 g/mol. The fourth-order valence-corrected chi connectivity index (χ4v) is 2.55. The maximum atomic E-state index is 11.3. The lowest BCUT2D eigenvalue weighted by atomic mass is 10.1. The Morgan fingerprint density at radius 2 is 1.86 bits per heavy atom. The molecule has 116 valence electrons. The molecule has 1 saturated heterocycles. The first kappa shape index (κ1) is 14.7. The van der Waals surface area contributed by atoms with Crippen molar-refractivity contribution in [2.24, 2.45) is 0 Å². The Labute approximate surface area is 129 Å². The van der Waals surface area contributed by atoms with Crippen molar-refractivity contribution in [3.63, 3.8) is 0 Å². The molecule has 2 heterocycles. The molecule has 1 fully saturated rings. The number of amides is 1. The summed E-state index contributed by atoms with van der Waals surface area (Å²) in [6.45, 7) is 7.48. The third-order valence-corrected chi connectivity index (χ3v) is 3.95. The number of hydrogen-bond acceptors (Lipinski definition) is 5. The van der Waals surface area contributed by atoms with E-state index < -0.39 is 0 Å². The minimum atomic E-state index is 0.138. The van der Waals surface area contributed by atoms with Crippen LogP contribution < -0.4 is 0 Å². The van der Waals surface area contributed by atoms with Gasteiger partial charge in [0.1, 0.15) is 0 Å². The van der Waals surface area contributed by atoms with Crippen molar-refractivity contribution in [3.05, 3.63) is 35.7 Å². The topological polar surface area (TPSA) is 62.5 Å². The molecule has 1 aromatic carbocycles. The molecule has 6 heteroatoms. The van der Waals surface area contributed by atoms with Crippen LogP contribution in [0.1, 0.15) is 18.4 Å². The summed E-state index contributed by atoms with van der Waals surface area (Å²) >= 11 is 0. The van der Waals surface area contributed by atoms with E-state index in [0.717, 1.165) is 31.7 Å². The number of piperazine rings is 1. The van der Waals surface area contributed by atoms with Gasteiger partial charge in [-0.15, -0.1) is 0 Å². The number of aryl methyl sites for hydroxylation is 1. The molecule has 3 rings (SSSR count). The van der Waals surface area contributed by atoms with E-state index in [1.807, 2.05) is 36.1 Å². The number of aromatic nitrogens is 2. The van der Waals surface area contributed by atoms with Gasteiger partial charge in [0.2, 0.25) is 17.6 Å². The Morgan fingerprint density at radius 3 is 2.50 bits per heavy atom. The lowest BCUT2D eigenvalue weighted by Gasteiger charge is -2.33. The normalized spacial score (nSPS) is 16.0. The van der Waals surface area contributed by atoms with Crippen LogP contribution in [-0.2, 0) is 11.3 Å². The summed E-state index contributed by atoms with van der Waals surface area (Å²) < 4.78 is 5.34. The molecule has 0 spiro atoms. The van der Waals surface area contributed by atoms with Crippen LogP contribution in [0.4, 0.5) is 0 Å². The second-order valence-electron chi connectivity index (χ2n) is 5.66. The molecule has 0 aliphatic carbocycles.